The van der Waals surface area contributed by atoms with Crippen LogP contribution in [-0.2, 0) is 6.42 Å². The summed E-state index contributed by atoms with van der Waals surface area (Å²) in [6.07, 6.45) is 4.28. The monoisotopic (exact) mass is 585 g/mol. The van der Waals surface area contributed by atoms with Crippen molar-refractivity contribution in [3.63, 3.8) is 0 Å². The number of phenols is 1. The van der Waals surface area contributed by atoms with Gasteiger partial charge in [0.25, 0.3) is 0 Å². The van der Waals surface area contributed by atoms with Gasteiger partial charge in [0.05, 0.1) is 5.54 Å². The third-order valence-corrected chi connectivity index (χ3v) is 10.2. The lowest BCUT2D eigenvalue weighted by Gasteiger charge is -2.35. The quantitative estimate of drug-likeness (QED) is 0.298. The summed E-state index contributed by atoms with van der Waals surface area (Å²) in [5, 5.41) is 16.7. The zero-order valence-corrected chi connectivity index (χ0v) is 24.5. The zero-order valence-electron chi connectivity index (χ0n) is 24.5. The number of benzene rings is 3. The van der Waals surface area contributed by atoms with Gasteiger partial charge in [-0.05, 0) is 78.7 Å². The molecule has 4 fully saturated rings. The molecule has 9 heteroatoms. The summed E-state index contributed by atoms with van der Waals surface area (Å²) in [7, 11) is 0. The number of hydrogen-bond donors (Lipinski definition) is 2. The fourth-order valence-corrected chi connectivity index (χ4v) is 8.24. The number of aromatic hydroxyl groups is 1. The molecule has 5 heterocycles. The van der Waals surface area contributed by atoms with Crippen molar-refractivity contribution in [2.75, 3.05) is 37.7 Å². The number of nitrogens with zero attached hydrogens (tertiary/aromatic N) is 4. The largest absolute Gasteiger partial charge is 0.508 e. The number of rotatable bonds is 6. The summed E-state index contributed by atoms with van der Waals surface area (Å²) in [6.45, 7) is 5.17. The molecule has 4 aliphatic heterocycles. The van der Waals surface area contributed by atoms with Crippen LogP contribution in [0.5, 0.6) is 11.8 Å². The second-order valence-corrected chi connectivity index (χ2v) is 12.9. The van der Waals surface area contributed by atoms with E-state index in [1.165, 1.54) is 0 Å². The predicted molar refractivity (Wildman–Crippen MR) is 164 cm³/mol. The van der Waals surface area contributed by atoms with Crippen molar-refractivity contribution in [2.45, 2.75) is 69.2 Å². The van der Waals surface area contributed by atoms with E-state index in [1.807, 2.05) is 37.3 Å². The molecule has 4 atom stereocenters. The Balaban J connectivity index is 1.29. The van der Waals surface area contributed by atoms with E-state index in [-0.39, 0.29) is 29.4 Å². The van der Waals surface area contributed by atoms with Crippen LogP contribution in [0.25, 0.3) is 32.8 Å². The zero-order chi connectivity index (χ0) is 29.3. The summed E-state index contributed by atoms with van der Waals surface area (Å²) >= 11 is 0. The molecule has 2 N–H and O–H groups in total. The molecule has 0 aliphatic carbocycles. The molecule has 224 valence electrons. The molecule has 43 heavy (non-hydrogen) atoms. The summed E-state index contributed by atoms with van der Waals surface area (Å²) in [5.74, 6) is 0.332. The maximum absolute atomic E-state index is 17.0. The van der Waals surface area contributed by atoms with Crippen LogP contribution in [0.4, 0.5) is 14.6 Å². The van der Waals surface area contributed by atoms with E-state index in [9.17, 15) is 9.50 Å². The molecule has 1 aromatic heterocycles. The van der Waals surface area contributed by atoms with Crippen LogP contribution < -0.4 is 15.0 Å². The van der Waals surface area contributed by atoms with E-state index in [2.05, 4.69) is 15.1 Å². The molecular weight excluding hydrogens is 548 g/mol. The molecule has 4 aromatic rings. The number of fused-ring (bicyclic) bond motifs is 5. The Morgan fingerprint density at radius 1 is 1.07 bits per heavy atom. The van der Waals surface area contributed by atoms with E-state index in [0.717, 1.165) is 61.7 Å². The van der Waals surface area contributed by atoms with Gasteiger partial charge in [-0.2, -0.15) is 9.97 Å². The van der Waals surface area contributed by atoms with E-state index in [1.54, 1.807) is 12.1 Å². The van der Waals surface area contributed by atoms with Crippen molar-refractivity contribution in [3.05, 3.63) is 53.8 Å². The van der Waals surface area contributed by atoms with Crippen molar-refractivity contribution < 1.29 is 18.6 Å². The summed E-state index contributed by atoms with van der Waals surface area (Å²) < 4.78 is 37.8. The number of aryl methyl sites for hydroxylation is 1. The van der Waals surface area contributed by atoms with E-state index >= 15 is 4.39 Å². The van der Waals surface area contributed by atoms with Crippen LogP contribution in [0.15, 0.2) is 42.5 Å². The number of phenolic OH excluding ortho intramolecular Hbond substituents is 1. The molecule has 8 rings (SSSR count). The highest BCUT2D eigenvalue weighted by atomic mass is 19.1. The lowest BCUT2D eigenvalue weighted by Crippen LogP contribution is -2.51. The first kappa shape index (κ1) is 27.0. The molecule has 2 bridgehead atoms. The third kappa shape index (κ3) is 4.51. The second-order valence-electron chi connectivity index (χ2n) is 12.9. The first-order valence-electron chi connectivity index (χ1n) is 15.7. The van der Waals surface area contributed by atoms with Gasteiger partial charge < -0.3 is 20.1 Å². The number of alkyl halides is 1. The van der Waals surface area contributed by atoms with Crippen molar-refractivity contribution >= 4 is 27.5 Å². The van der Waals surface area contributed by atoms with Gasteiger partial charge in [-0.15, -0.1) is 0 Å². The Labute approximate surface area is 249 Å². The minimum Gasteiger partial charge on any atom is -0.508 e. The highest BCUT2D eigenvalue weighted by molar-refractivity contribution is 6.02. The number of anilines is 1. The van der Waals surface area contributed by atoms with E-state index in [4.69, 9.17) is 14.7 Å². The lowest BCUT2D eigenvalue weighted by molar-refractivity contribution is 0.107. The van der Waals surface area contributed by atoms with Gasteiger partial charge in [0, 0.05) is 49.1 Å². The van der Waals surface area contributed by atoms with Crippen molar-refractivity contribution in [1.29, 1.82) is 0 Å². The number of nitrogens with one attached hydrogen (secondary N) is 1. The standard InChI is InChI=1S/C34H37F2N5O2/c1-2-20-13-28-31(30(36)29(20)27-14-25(42)12-21-6-3-4-7-26(21)27)38-33(39-32(28)40-17-23-8-9-24(18-40)37-23)43-19-34-10-5-11-41(34)16-22(35)15-34/h3-4,6-7,12-14,22-24,37,42H,2,5,8-11,15-19H2,1H3/t22-,23?,24?,34+/m1/s1. The smallest absolute Gasteiger partial charge is 0.319 e. The minimum absolute atomic E-state index is 0.0852. The molecule has 0 saturated carbocycles. The van der Waals surface area contributed by atoms with E-state index in [0.29, 0.717) is 53.8 Å². The number of hydrogen-bond acceptors (Lipinski definition) is 7. The first-order valence-corrected chi connectivity index (χ1v) is 15.7. The van der Waals surface area contributed by atoms with E-state index < -0.39 is 12.0 Å². The fraction of sp³-hybridized carbons (Fsp3) is 0.471. The predicted octanol–water partition coefficient (Wildman–Crippen LogP) is 5.75. The molecule has 0 spiro atoms. The number of aromatic nitrogens is 2. The van der Waals surface area contributed by atoms with Crippen molar-refractivity contribution in [2.24, 2.45) is 0 Å². The third-order valence-electron chi connectivity index (χ3n) is 10.2. The molecule has 2 unspecified atom stereocenters. The van der Waals surface area contributed by atoms with Crippen molar-refractivity contribution in [3.8, 4) is 22.9 Å². The molecule has 4 aliphatic rings. The fourth-order valence-electron chi connectivity index (χ4n) is 8.24. The van der Waals surface area contributed by atoms with Gasteiger partial charge in [-0.1, -0.05) is 31.2 Å². The second kappa shape index (κ2) is 10.3. The van der Waals surface area contributed by atoms with Gasteiger partial charge >= 0.3 is 6.01 Å². The first-order chi connectivity index (χ1) is 20.9. The SMILES string of the molecule is CCc1cc2c(N3CC4CCC(C3)N4)nc(OC[C@@]34CCCN3C[C@H](F)C4)nc2c(F)c1-c1cc(O)cc2ccccc12. The lowest BCUT2D eigenvalue weighted by atomic mass is 9.91. The Morgan fingerprint density at radius 3 is 2.70 bits per heavy atom. The van der Waals surface area contributed by atoms with Crippen LogP contribution in [-0.4, -0.2) is 76.6 Å². The van der Waals surface area contributed by atoms with Crippen LogP contribution in [0.2, 0.25) is 0 Å². The number of ether oxygens (including phenoxy) is 1. The van der Waals surface area contributed by atoms with Gasteiger partial charge in [0.15, 0.2) is 5.82 Å². The summed E-state index contributed by atoms with van der Waals surface area (Å²) in [5.41, 5.74) is 1.76. The maximum Gasteiger partial charge on any atom is 0.319 e. The molecule has 0 radical (unpaired) electrons. The normalized spacial score (nSPS) is 27.0. The molecule has 0 amide bonds. The van der Waals surface area contributed by atoms with Crippen LogP contribution in [0, 0.1) is 5.82 Å². The Bertz CT molecular complexity index is 1720. The van der Waals surface area contributed by atoms with Crippen molar-refractivity contribution in [1.82, 2.24) is 20.2 Å². The molecule has 3 aromatic carbocycles. The van der Waals surface area contributed by atoms with Gasteiger partial charge in [-0.3, -0.25) is 4.90 Å². The van der Waals surface area contributed by atoms with Gasteiger partial charge in [0.1, 0.15) is 29.9 Å². The Kier molecular flexibility index (Phi) is 6.45. The highest BCUT2D eigenvalue weighted by Crippen LogP contribution is 2.43. The molecule has 7 nitrogen and oxygen atoms in total. The number of piperazine rings is 1. The number of halogens is 2. The average molecular weight is 586 g/mol. The summed E-state index contributed by atoms with van der Waals surface area (Å²) in [4.78, 5) is 14.1. The van der Waals surface area contributed by atoms with Crippen LogP contribution in [0.1, 0.15) is 44.6 Å². The molecular formula is C34H37F2N5O2. The average Bonchev–Trinajstić information content (AvgIpc) is 3.65. The minimum atomic E-state index is -0.863. The maximum atomic E-state index is 17.0. The van der Waals surface area contributed by atoms with Gasteiger partial charge in [0.2, 0.25) is 0 Å². The Hall–Kier alpha value is -3.56. The summed E-state index contributed by atoms with van der Waals surface area (Å²) in [6, 6.07) is 13.9. The highest BCUT2D eigenvalue weighted by Gasteiger charge is 2.49. The van der Waals surface area contributed by atoms with Crippen LogP contribution >= 0.6 is 0 Å². The Morgan fingerprint density at radius 2 is 1.88 bits per heavy atom. The molecule has 4 saturated heterocycles. The van der Waals surface area contributed by atoms with Crippen LogP contribution in [0.3, 0.4) is 0 Å². The topological polar surface area (TPSA) is 73.8 Å². The van der Waals surface area contributed by atoms with Gasteiger partial charge in [-0.25, -0.2) is 8.78 Å².